The van der Waals surface area contributed by atoms with Crippen molar-refractivity contribution in [2.24, 2.45) is 5.92 Å². The minimum absolute atomic E-state index is 0.284. The van der Waals surface area contributed by atoms with Crippen molar-refractivity contribution in [2.45, 2.75) is 44.6 Å². The number of carbonyl (C=O) groups excluding carboxylic acids is 1. The predicted octanol–water partition coefficient (Wildman–Crippen LogP) is 4.67. The monoisotopic (exact) mass is 352 g/mol. The molecule has 1 saturated carbocycles. The van der Waals surface area contributed by atoms with Gasteiger partial charge in [-0.05, 0) is 89.3 Å². The van der Waals surface area contributed by atoms with Gasteiger partial charge in [0.25, 0.3) is 0 Å². The summed E-state index contributed by atoms with van der Waals surface area (Å²) in [7, 11) is 6.09. The maximum absolute atomic E-state index is 12.3. The van der Waals surface area contributed by atoms with E-state index in [0.29, 0.717) is 10.8 Å². The normalized spacial score (nSPS) is 20.9. The average Bonchev–Trinajstić information content (AvgIpc) is 2.56. The first-order chi connectivity index (χ1) is 11.5. The molecule has 0 N–H and O–H groups in total. The zero-order valence-corrected chi connectivity index (χ0v) is 15.8. The van der Waals surface area contributed by atoms with E-state index in [2.05, 4.69) is 19.0 Å². The molecule has 1 fully saturated rings. The van der Waals surface area contributed by atoms with Gasteiger partial charge in [0.05, 0.1) is 0 Å². The van der Waals surface area contributed by atoms with Gasteiger partial charge in [-0.25, -0.2) is 4.79 Å². The fourth-order valence-corrected chi connectivity index (χ4v) is 3.47. The second kappa shape index (κ2) is 9.28. The van der Waals surface area contributed by atoms with E-state index in [4.69, 9.17) is 16.3 Å². The molecule has 1 aromatic rings. The van der Waals surface area contributed by atoms with Gasteiger partial charge in [-0.3, -0.25) is 0 Å². The van der Waals surface area contributed by atoms with Crippen LogP contribution in [-0.4, -0.2) is 49.6 Å². The Morgan fingerprint density at radius 2 is 1.75 bits per heavy atom. The Labute approximate surface area is 150 Å². The predicted molar refractivity (Wildman–Crippen MR) is 98.8 cm³/mol. The first-order valence-corrected chi connectivity index (χ1v) is 9.18. The van der Waals surface area contributed by atoms with E-state index in [1.54, 1.807) is 29.2 Å². The second-order valence-corrected chi connectivity index (χ2v) is 7.49. The summed E-state index contributed by atoms with van der Waals surface area (Å²) in [5, 5.41) is 0.635. The van der Waals surface area contributed by atoms with E-state index < -0.39 is 0 Å². The van der Waals surface area contributed by atoms with Crippen molar-refractivity contribution in [3.63, 3.8) is 0 Å². The first kappa shape index (κ1) is 19.1. The molecule has 2 rings (SSSR count). The molecule has 134 valence electrons. The Kier molecular flexibility index (Phi) is 7.38. The third-order valence-electron chi connectivity index (χ3n) is 4.89. The summed E-state index contributed by atoms with van der Waals surface area (Å²) in [6.07, 6.45) is 6.82. The molecule has 0 heterocycles. The first-order valence-electron chi connectivity index (χ1n) is 8.80. The summed E-state index contributed by atoms with van der Waals surface area (Å²) in [6.45, 7) is 1.16. The lowest BCUT2D eigenvalue weighted by Crippen LogP contribution is -2.41. The second-order valence-electron chi connectivity index (χ2n) is 7.05. The van der Waals surface area contributed by atoms with Gasteiger partial charge in [-0.2, -0.15) is 0 Å². The summed E-state index contributed by atoms with van der Waals surface area (Å²) in [5.41, 5.74) is 0. The molecule has 1 aromatic carbocycles. The van der Waals surface area contributed by atoms with Crippen molar-refractivity contribution >= 4 is 17.7 Å². The van der Waals surface area contributed by atoms with E-state index in [9.17, 15) is 4.79 Å². The molecule has 4 nitrogen and oxygen atoms in total. The van der Waals surface area contributed by atoms with Gasteiger partial charge in [0, 0.05) is 18.1 Å². The smallest absolute Gasteiger partial charge is 0.410 e. The standard InChI is InChI=1S/C19H29ClN2O2/c1-21(2)14-4-5-15-6-10-17(11-7-15)22(3)19(23)24-18-12-8-16(20)9-13-18/h8-9,12-13,15,17H,4-7,10-11,14H2,1-3H3. The molecule has 0 bridgehead atoms. The zero-order chi connectivity index (χ0) is 17.5. The Morgan fingerprint density at radius 3 is 2.33 bits per heavy atom. The molecule has 0 aromatic heterocycles. The van der Waals surface area contributed by atoms with Crippen molar-refractivity contribution in [2.75, 3.05) is 27.7 Å². The van der Waals surface area contributed by atoms with Gasteiger partial charge in [0.15, 0.2) is 0 Å². The van der Waals surface area contributed by atoms with E-state index in [0.717, 1.165) is 25.3 Å². The van der Waals surface area contributed by atoms with Crippen LogP contribution >= 0.6 is 11.6 Å². The van der Waals surface area contributed by atoms with Crippen LogP contribution in [0.4, 0.5) is 4.79 Å². The van der Waals surface area contributed by atoms with Gasteiger partial charge in [-0.1, -0.05) is 11.6 Å². The minimum Gasteiger partial charge on any atom is -0.410 e. The van der Waals surface area contributed by atoms with Gasteiger partial charge < -0.3 is 14.5 Å². The number of hydrogen-bond donors (Lipinski definition) is 0. The number of benzene rings is 1. The van der Waals surface area contributed by atoms with Crippen LogP contribution in [-0.2, 0) is 0 Å². The highest BCUT2D eigenvalue weighted by Crippen LogP contribution is 2.30. The van der Waals surface area contributed by atoms with Crippen molar-refractivity contribution in [1.82, 2.24) is 9.80 Å². The number of amides is 1. The number of halogens is 1. The van der Waals surface area contributed by atoms with Crippen molar-refractivity contribution in [3.05, 3.63) is 29.3 Å². The van der Waals surface area contributed by atoms with Crippen LogP contribution in [0.15, 0.2) is 24.3 Å². The van der Waals surface area contributed by atoms with Crippen molar-refractivity contribution in [3.8, 4) is 5.75 Å². The van der Waals surface area contributed by atoms with Crippen LogP contribution in [0.25, 0.3) is 0 Å². The molecule has 24 heavy (non-hydrogen) atoms. The summed E-state index contributed by atoms with van der Waals surface area (Å²) < 4.78 is 5.43. The van der Waals surface area contributed by atoms with E-state index in [-0.39, 0.29) is 12.1 Å². The van der Waals surface area contributed by atoms with Crippen LogP contribution in [0.2, 0.25) is 5.02 Å². The highest BCUT2D eigenvalue weighted by molar-refractivity contribution is 6.30. The third-order valence-corrected chi connectivity index (χ3v) is 5.14. The van der Waals surface area contributed by atoms with Crippen molar-refractivity contribution < 1.29 is 9.53 Å². The molecule has 1 aliphatic carbocycles. The zero-order valence-electron chi connectivity index (χ0n) is 15.0. The number of rotatable bonds is 6. The maximum Gasteiger partial charge on any atom is 0.415 e. The van der Waals surface area contributed by atoms with Gasteiger partial charge in [0.2, 0.25) is 0 Å². The minimum atomic E-state index is -0.284. The highest BCUT2D eigenvalue weighted by Gasteiger charge is 2.27. The van der Waals surface area contributed by atoms with Gasteiger partial charge in [0.1, 0.15) is 5.75 Å². The quantitative estimate of drug-likeness (QED) is 0.745. The van der Waals surface area contributed by atoms with Crippen LogP contribution < -0.4 is 4.74 Å². The molecule has 0 radical (unpaired) electrons. The third kappa shape index (κ3) is 5.99. The van der Waals surface area contributed by atoms with Gasteiger partial charge in [-0.15, -0.1) is 0 Å². The van der Waals surface area contributed by atoms with Crippen LogP contribution in [0.5, 0.6) is 5.75 Å². The lowest BCUT2D eigenvalue weighted by molar-refractivity contribution is 0.123. The number of nitrogens with zero attached hydrogens (tertiary/aromatic N) is 2. The SMILES string of the molecule is CN(C)CCCC1CCC(N(C)C(=O)Oc2ccc(Cl)cc2)CC1. The van der Waals surface area contributed by atoms with E-state index in [1.807, 2.05) is 7.05 Å². The summed E-state index contributed by atoms with van der Waals surface area (Å²) >= 11 is 5.85. The molecular formula is C19H29ClN2O2. The number of carbonyl (C=O) groups is 1. The molecule has 0 unspecified atom stereocenters. The topological polar surface area (TPSA) is 32.8 Å². The number of hydrogen-bond acceptors (Lipinski definition) is 3. The number of ether oxygens (including phenoxy) is 1. The molecule has 0 saturated heterocycles. The van der Waals surface area contributed by atoms with Crippen LogP contribution in [0, 0.1) is 5.92 Å². The molecule has 0 aliphatic heterocycles. The van der Waals surface area contributed by atoms with Crippen molar-refractivity contribution in [1.29, 1.82) is 0 Å². The van der Waals surface area contributed by atoms with Crippen LogP contribution in [0.3, 0.4) is 0 Å². The molecule has 5 heteroatoms. The Morgan fingerprint density at radius 1 is 1.12 bits per heavy atom. The van der Waals surface area contributed by atoms with Crippen LogP contribution in [0.1, 0.15) is 38.5 Å². The molecule has 0 spiro atoms. The largest absolute Gasteiger partial charge is 0.415 e. The fraction of sp³-hybridized carbons (Fsp3) is 0.632. The lowest BCUT2D eigenvalue weighted by Gasteiger charge is -2.34. The average molecular weight is 353 g/mol. The molecule has 0 atom stereocenters. The van der Waals surface area contributed by atoms with Gasteiger partial charge >= 0.3 is 6.09 Å². The highest BCUT2D eigenvalue weighted by atomic mass is 35.5. The summed E-state index contributed by atoms with van der Waals surface area (Å²) in [6, 6.07) is 7.17. The molecular weight excluding hydrogens is 324 g/mol. The Balaban J connectivity index is 1.74. The fourth-order valence-electron chi connectivity index (χ4n) is 3.34. The summed E-state index contributed by atoms with van der Waals surface area (Å²) in [4.78, 5) is 16.3. The van der Waals surface area contributed by atoms with E-state index >= 15 is 0 Å². The summed E-state index contributed by atoms with van der Waals surface area (Å²) in [5.74, 6) is 1.34. The van der Waals surface area contributed by atoms with E-state index in [1.165, 1.54) is 25.7 Å². The Hall–Kier alpha value is -1.26. The lowest BCUT2D eigenvalue weighted by atomic mass is 9.83. The molecule has 1 amide bonds. The molecule has 1 aliphatic rings. The Bertz CT molecular complexity index is 511. The maximum atomic E-state index is 12.3.